The normalized spacial score (nSPS) is 19.8. The molecule has 126 valence electrons. The van der Waals surface area contributed by atoms with Gasteiger partial charge in [-0.25, -0.2) is 0 Å². The Morgan fingerprint density at radius 1 is 1.27 bits per heavy atom. The van der Waals surface area contributed by atoms with Crippen molar-refractivity contribution >= 4 is 0 Å². The largest absolute Gasteiger partial charge is 0.377 e. The van der Waals surface area contributed by atoms with Gasteiger partial charge in [-0.1, -0.05) is 25.9 Å². The smallest absolute Gasteiger partial charge is 0.232 e. The molecule has 0 saturated carbocycles. The van der Waals surface area contributed by atoms with Gasteiger partial charge in [-0.2, -0.15) is 4.98 Å². The lowest BCUT2D eigenvalue weighted by Gasteiger charge is -2.22. The second-order valence-electron chi connectivity index (χ2n) is 7.43. The zero-order valence-electron chi connectivity index (χ0n) is 14.4. The van der Waals surface area contributed by atoms with Gasteiger partial charge >= 0.3 is 0 Å². The molecule has 1 fully saturated rings. The van der Waals surface area contributed by atoms with Crippen molar-refractivity contribution in [2.45, 2.75) is 64.5 Å². The second kappa shape index (κ2) is 7.06. The molecule has 1 aliphatic heterocycles. The summed E-state index contributed by atoms with van der Waals surface area (Å²) < 4.78 is 16.5. The van der Waals surface area contributed by atoms with Crippen LogP contribution in [0.3, 0.4) is 0 Å². The Hall–Kier alpha value is -0.980. The van der Waals surface area contributed by atoms with Crippen molar-refractivity contribution < 1.29 is 14.0 Å². The Morgan fingerprint density at radius 3 is 2.64 bits per heavy atom. The summed E-state index contributed by atoms with van der Waals surface area (Å²) in [7, 11) is 0. The topological polar surface area (TPSA) is 69.4 Å². The van der Waals surface area contributed by atoms with E-state index in [1.54, 1.807) is 0 Å². The molecule has 1 unspecified atom stereocenters. The van der Waals surface area contributed by atoms with E-state index in [0.717, 1.165) is 26.0 Å². The molecule has 2 heterocycles. The van der Waals surface area contributed by atoms with Crippen LogP contribution in [0.2, 0.25) is 0 Å². The van der Waals surface area contributed by atoms with E-state index >= 15 is 0 Å². The maximum Gasteiger partial charge on any atom is 0.232 e. The molecule has 6 nitrogen and oxygen atoms in total. The fourth-order valence-corrected chi connectivity index (χ4v) is 2.29. The highest BCUT2D eigenvalue weighted by atomic mass is 16.5. The third kappa shape index (κ3) is 4.76. The first kappa shape index (κ1) is 17.4. The van der Waals surface area contributed by atoms with Crippen molar-refractivity contribution in [3.05, 3.63) is 11.7 Å². The van der Waals surface area contributed by atoms with Crippen LogP contribution in [0.1, 0.15) is 59.2 Å². The Kier molecular flexibility index (Phi) is 5.58. The van der Waals surface area contributed by atoms with Crippen molar-refractivity contribution in [1.82, 2.24) is 15.5 Å². The highest BCUT2D eigenvalue weighted by Crippen LogP contribution is 2.23. The zero-order valence-corrected chi connectivity index (χ0v) is 14.4. The molecular formula is C16H29N3O3. The van der Waals surface area contributed by atoms with Gasteiger partial charge < -0.3 is 19.3 Å². The Morgan fingerprint density at radius 2 is 2.05 bits per heavy atom. The molecule has 2 rings (SSSR count). The molecule has 1 aromatic heterocycles. The lowest BCUT2D eigenvalue weighted by atomic mass is 9.97. The van der Waals surface area contributed by atoms with E-state index in [1.807, 2.05) is 13.8 Å². The molecule has 0 spiro atoms. The van der Waals surface area contributed by atoms with Gasteiger partial charge in [0.1, 0.15) is 0 Å². The standard InChI is InChI=1S/C16H29N3O3/c1-15(2,3)14-18-13(19-22-14)16(4,5)17-8-10-20-11-12-7-6-9-21-12/h12,17H,6-11H2,1-5H3. The third-order valence-corrected chi connectivity index (χ3v) is 3.77. The molecule has 1 atom stereocenters. The van der Waals surface area contributed by atoms with Crippen molar-refractivity contribution in [3.63, 3.8) is 0 Å². The molecule has 0 amide bonds. The van der Waals surface area contributed by atoms with Crippen LogP contribution in [-0.2, 0) is 20.4 Å². The van der Waals surface area contributed by atoms with E-state index in [1.165, 1.54) is 0 Å². The predicted octanol–water partition coefficient (Wildman–Crippen LogP) is 2.39. The van der Waals surface area contributed by atoms with Crippen LogP contribution in [0.15, 0.2) is 4.52 Å². The van der Waals surface area contributed by atoms with Gasteiger partial charge in [-0.15, -0.1) is 0 Å². The van der Waals surface area contributed by atoms with Crippen molar-refractivity contribution in [1.29, 1.82) is 0 Å². The predicted molar refractivity (Wildman–Crippen MR) is 83.8 cm³/mol. The number of rotatable bonds is 7. The molecule has 1 aromatic rings. The Labute approximate surface area is 132 Å². The van der Waals surface area contributed by atoms with E-state index in [-0.39, 0.29) is 17.1 Å². The number of hydrogen-bond acceptors (Lipinski definition) is 6. The summed E-state index contributed by atoms with van der Waals surface area (Å²) >= 11 is 0. The maximum atomic E-state index is 5.66. The van der Waals surface area contributed by atoms with E-state index in [9.17, 15) is 0 Å². The number of aromatic nitrogens is 2. The molecule has 22 heavy (non-hydrogen) atoms. The Balaban J connectivity index is 1.74. The minimum atomic E-state index is -0.347. The summed E-state index contributed by atoms with van der Waals surface area (Å²) in [5.41, 5.74) is -0.480. The van der Waals surface area contributed by atoms with Crippen molar-refractivity contribution in [2.75, 3.05) is 26.4 Å². The molecular weight excluding hydrogens is 282 g/mol. The molecule has 1 aliphatic rings. The first-order valence-electron chi connectivity index (χ1n) is 8.08. The van der Waals surface area contributed by atoms with Crippen LogP contribution in [-0.4, -0.2) is 42.6 Å². The molecule has 1 N–H and O–H groups in total. The monoisotopic (exact) mass is 311 g/mol. The number of nitrogens with one attached hydrogen (secondary N) is 1. The van der Waals surface area contributed by atoms with Gasteiger partial charge in [-0.3, -0.25) is 0 Å². The summed E-state index contributed by atoms with van der Waals surface area (Å²) in [4.78, 5) is 4.51. The van der Waals surface area contributed by atoms with E-state index < -0.39 is 0 Å². The Bertz CT molecular complexity index is 459. The van der Waals surface area contributed by atoms with Crippen LogP contribution in [0.5, 0.6) is 0 Å². The summed E-state index contributed by atoms with van der Waals surface area (Å²) in [6.45, 7) is 13.2. The van der Waals surface area contributed by atoms with Gasteiger partial charge in [-0.05, 0) is 26.7 Å². The highest BCUT2D eigenvalue weighted by molar-refractivity contribution is 5.05. The molecule has 6 heteroatoms. The SMILES string of the molecule is CC(C)(C)c1nc(C(C)(C)NCCOCC2CCCO2)no1. The van der Waals surface area contributed by atoms with Crippen molar-refractivity contribution in [2.24, 2.45) is 0 Å². The van der Waals surface area contributed by atoms with Gasteiger partial charge in [0, 0.05) is 18.6 Å². The first-order valence-corrected chi connectivity index (χ1v) is 8.08. The fourth-order valence-electron chi connectivity index (χ4n) is 2.29. The van der Waals surface area contributed by atoms with Gasteiger partial charge in [0.05, 0.1) is 24.9 Å². The van der Waals surface area contributed by atoms with Crippen LogP contribution in [0.25, 0.3) is 0 Å². The maximum absolute atomic E-state index is 5.66. The molecule has 0 radical (unpaired) electrons. The first-order chi connectivity index (χ1) is 10.3. The summed E-state index contributed by atoms with van der Waals surface area (Å²) in [5.74, 6) is 1.34. The average Bonchev–Trinajstić information content (AvgIpc) is 3.09. The molecule has 0 aliphatic carbocycles. The highest BCUT2D eigenvalue weighted by Gasteiger charge is 2.29. The van der Waals surface area contributed by atoms with E-state index in [4.69, 9.17) is 14.0 Å². The zero-order chi connectivity index (χ0) is 16.2. The second-order valence-corrected chi connectivity index (χ2v) is 7.43. The lowest BCUT2D eigenvalue weighted by molar-refractivity contribution is 0.0169. The van der Waals surface area contributed by atoms with E-state index in [0.29, 0.717) is 24.9 Å². The minimum absolute atomic E-state index is 0.133. The van der Waals surface area contributed by atoms with Crippen LogP contribution < -0.4 is 5.32 Å². The van der Waals surface area contributed by atoms with Crippen LogP contribution in [0, 0.1) is 0 Å². The lowest BCUT2D eigenvalue weighted by Crippen LogP contribution is -2.40. The van der Waals surface area contributed by atoms with Gasteiger partial charge in [0.2, 0.25) is 5.89 Å². The van der Waals surface area contributed by atoms with Crippen LogP contribution >= 0.6 is 0 Å². The number of hydrogen-bond donors (Lipinski definition) is 1. The quantitative estimate of drug-likeness (QED) is 0.780. The average molecular weight is 311 g/mol. The van der Waals surface area contributed by atoms with Gasteiger partial charge in [0.15, 0.2) is 5.82 Å². The summed E-state index contributed by atoms with van der Waals surface area (Å²) in [5, 5.41) is 7.52. The van der Waals surface area contributed by atoms with E-state index in [2.05, 4.69) is 36.2 Å². The van der Waals surface area contributed by atoms with Crippen molar-refractivity contribution in [3.8, 4) is 0 Å². The molecule has 0 bridgehead atoms. The molecule has 0 aromatic carbocycles. The minimum Gasteiger partial charge on any atom is -0.377 e. The fraction of sp³-hybridized carbons (Fsp3) is 0.875. The summed E-state index contributed by atoms with van der Waals surface area (Å²) in [6, 6.07) is 0. The molecule has 1 saturated heterocycles. The third-order valence-electron chi connectivity index (χ3n) is 3.77. The van der Waals surface area contributed by atoms with Gasteiger partial charge in [0.25, 0.3) is 0 Å². The number of ether oxygens (including phenoxy) is 2. The van der Waals surface area contributed by atoms with Crippen LogP contribution in [0.4, 0.5) is 0 Å². The summed E-state index contributed by atoms with van der Waals surface area (Å²) in [6.07, 6.45) is 2.53. The number of nitrogens with zero attached hydrogens (tertiary/aromatic N) is 2.